The number of benzene rings is 2. The molecule has 2 aromatic carbocycles. The monoisotopic (exact) mass is 356 g/mol. The molecule has 1 amide bonds. The number of amides is 1. The molecule has 4 N–H and O–H groups in total. The first-order valence-corrected chi connectivity index (χ1v) is 8.81. The Morgan fingerprint density at radius 1 is 1.04 bits per heavy atom. The lowest BCUT2D eigenvalue weighted by Crippen LogP contribution is -2.55. The fourth-order valence-corrected chi connectivity index (χ4v) is 3.01. The van der Waals surface area contributed by atoms with Gasteiger partial charge < -0.3 is 20.7 Å². The highest BCUT2D eigenvalue weighted by Gasteiger charge is 2.25. The Kier molecular flexibility index (Phi) is 7.15. The van der Waals surface area contributed by atoms with Gasteiger partial charge in [0.05, 0.1) is 6.04 Å². The van der Waals surface area contributed by atoms with Crippen LogP contribution in [0, 0.1) is 0 Å². The number of hydroxylamine groups is 1. The molecule has 0 aliphatic heterocycles. The van der Waals surface area contributed by atoms with Gasteiger partial charge in [-0.3, -0.25) is 4.79 Å². The molecule has 0 spiro atoms. The molecule has 140 valence electrons. The summed E-state index contributed by atoms with van der Waals surface area (Å²) in [5.41, 5.74) is 6.05. The van der Waals surface area contributed by atoms with E-state index in [0.29, 0.717) is 12.1 Å². The van der Waals surface area contributed by atoms with Crippen molar-refractivity contribution >= 4 is 11.6 Å². The maximum Gasteiger partial charge on any atom is 0.254 e. The zero-order valence-corrected chi connectivity index (χ0v) is 15.8. The molecule has 0 aromatic heterocycles. The minimum atomic E-state index is -0.399. The summed E-state index contributed by atoms with van der Waals surface area (Å²) in [6, 6.07) is 15.5. The molecule has 2 rings (SSSR count). The number of rotatable bonds is 8. The molecule has 2 unspecified atom stereocenters. The summed E-state index contributed by atoms with van der Waals surface area (Å²) in [4.78, 5) is 14.6. The molecule has 0 saturated carbocycles. The highest BCUT2D eigenvalue weighted by atomic mass is 16.5. The lowest BCUT2D eigenvalue weighted by Gasteiger charge is -2.33. The average Bonchev–Trinajstić information content (AvgIpc) is 2.69. The molecule has 0 radical (unpaired) electrons. The van der Waals surface area contributed by atoms with Gasteiger partial charge in [0.1, 0.15) is 6.17 Å². The fourth-order valence-electron chi connectivity index (χ4n) is 3.01. The maximum atomic E-state index is 12.9. The van der Waals surface area contributed by atoms with Crippen LogP contribution in [-0.4, -0.2) is 48.9 Å². The first-order chi connectivity index (χ1) is 12.5. The van der Waals surface area contributed by atoms with Gasteiger partial charge in [-0.2, -0.15) is 5.48 Å². The van der Waals surface area contributed by atoms with Crippen LogP contribution in [0.15, 0.2) is 48.5 Å². The molecular weight excluding hydrogens is 328 g/mol. The third-order valence-corrected chi connectivity index (χ3v) is 4.66. The SMILES string of the molecule is CCN(C(=O)c1ccc(-c2ccc(NC)cc2)cc1)C(C)C(NC)NO. The van der Waals surface area contributed by atoms with Crippen LogP contribution < -0.4 is 16.1 Å². The van der Waals surface area contributed by atoms with Gasteiger partial charge >= 0.3 is 0 Å². The number of likely N-dealkylation sites (N-methyl/N-ethyl adjacent to an activating group) is 2. The summed E-state index contributed by atoms with van der Waals surface area (Å²) in [5, 5.41) is 15.3. The van der Waals surface area contributed by atoms with Crippen molar-refractivity contribution < 1.29 is 10.0 Å². The van der Waals surface area contributed by atoms with E-state index in [9.17, 15) is 10.0 Å². The van der Waals surface area contributed by atoms with Crippen molar-refractivity contribution in [3.8, 4) is 11.1 Å². The standard InChI is InChI=1S/C20H28N4O2/c1-5-24(14(2)19(22-4)23-26)20(25)17-8-6-15(7-9-17)16-10-12-18(21-3)13-11-16/h6-14,19,21-23,26H,5H2,1-4H3. The quantitative estimate of drug-likeness (QED) is 0.432. The average molecular weight is 356 g/mol. The van der Waals surface area contributed by atoms with E-state index >= 15 is 0 Å². The van der Waals surface area contributed by atoms with Crippen molar-refractivity contribution in [3.63, 3.8) is 0 Å². The van der Waals surface area contributed by atoms with Crippen LogP contribution in [0.1, 0.15) is 24.2 Å². The van der Waals surface area contributed by atoms with Crippen LogP contribution in [0.5, 0.6) is 0 Å². The summed E-state index contributed by atoms with van der Waals surface area (Å²) in [5.74, 6) is -0.0624. The van der Waals surface area contributed by atoms with E-state index in [1.807, 2.05) is 69.4 Å². The maximum absolute atomic E-state index is 12.9. The predicted octanol–water partition coefficient (Wildman–Crippen LogP) is 2.77. The van der Waals surface area contributed by atoms with E-state index in [1.54, 1.807) is 11.9 Å². The van der Waals surface area contributed by atoms with Gasteiger partial charge in [0.25, 0.3) is 5.91 Å². The molecule has 0 saturated heterocycles. The third-order valence-electron chi connectivity index (χ3n) is 4.66. The number of nitrogens with one attached hydrogen (secondary N) is 3. The highest BCUT2D eigenvalue weighted by Crippen LogP contribution is 2.22. The minimum absolute atomic E-state index is 0.0624. The lowest BCUT2D eigenvalue weighted by molar-refractivity contribution is 0.0437. The molecule has 2 aromatic rings. The van der Waals surface area contributed by atoms with Gasteiger partial charge in [-0.15, -0.1) is 0 Å². The Morgan fingerprint density at radius 2 is 1.58 bits per heavy atom. The number of hydrogen-bond donors (Lipinski definition) is 4. The van der Waals surface area contributed by atoms with Gasteiger partial charge in [0.15, 0.2) is 0 Å². The Labute approximate surface area is 155 Å². The Morgan fingerprint density at radius 3 is 2.00 bits per heavy atom. The number of anilines is 1. The largest absolute Gasteiger partial charge is 0.388 e. The molecule has 6 heteroatoms. The van der Waals surface area contributed by atoms with Gasteiger partial charge in [-0.1, -0.05) is 24.3 Å². The lowest BCUT2D eigenvalue weighted by atomic mass is 10.0. The molecule has 0 fully saturated rings. The topological polar surface area (TPSA) is 76.6 Å². The summed E-state index contributed by atoms with van der Waals surface area (Å²) >= 11 is 0. The molecular formula is C20H28N4O2. The van der Waals surface area contributed by atoms with E-state index in [4.69, 9.17) is 0 Å². The predicted molar refractivity (Wildman–Crippen MR) is 105 cm³/mol. The first-order valence-electron chi connectivity index (χ1n) is 8.81. The fraction of sp³-hybridized carbons (Fsp3) is 0.350. The van der Waals surface area contributed by atoms with E-state index in [-0.39, 0.29) is 11.9 Å². The van der Waals surface area contributed by atoms with E-state index < -0.39 is 6.17 Å². The Bertz CT molecular complexity index is 697. The number of carbonyl (C=O) groups excluding carboxylic acids is 1. The van der Waals surface area contributed by atoms with Gasteiger partial charge in [-0.05, 0) is 56.3 Å². The van der Waals surface area contributed by atoms with Gasteiger partial charge in [0.2, 0.25) is 0 Å². The van der Waals surface area contributed by atoms with Crippen molar-refractivity contribution in [2.24, 2.45) is 0 Å². The summed E-state index contributed by atoms with van der Waals surface area (Å²) in [7, 11) is 3.62. The first kappa shape index (κ1) is 19.9. The smallest absolute Gasteiger partial charge is 0.254 e. The van der Waals surface area contributed by atoms with E-state index in [1.165, 1.54) is 0 Å². The summed E-state index contributed by atoms with van der Waals surface area (Å²) in [6.45, 7) is 4.37. The second-order valence-electron chi connectivity index (χ2n) is 6.13. The zero-order valence-electron chi connectivity index (χ0n) is 15.8. The van der Waals surface area contributed by atoms with Crippen molar-refractivity contribution in [3.05, 3.63) is 54.1 Å². The molecule has 6 nitrogen and oxygen atoms in total. The molecule has 0 bridgehead atoms. The Balaban J connectivity index is 2.18. The highest BCUT2D eigenvalue weighted by molar-refractivity contribution is 5.95. The number of nitrogens with zero attached hydrogens (tertiary/aromatic N) is 1. The van der Waals surface area contributed by atoms with Gasteiger partial charge in [-0.25, -0.2) is 0 Å². The molecule has 2 atom stereocenters. The second kappa shape index (κ2) is 9.33. The second-order valence-corrected chi connectivity index (χ2v) is 6.13. The summed E-state index contributed by atoms with van der Waals surface area (Å²) < 4.78 is 0. The normalized spacial score (nSPS) is 13.1. The van der Waals surface area contributed by atoms with Crippen LogP contribution in [0.4, 0.5) is 5.69 Å². The van der Waals surface area contributed by atoms with Crippen molar-refractivity contribution in [2.45, 2.75) is 26.1 Å². The van der Waals surface area contributed by atoms with Crippen LogP contribution in [0.25, 0.3) is 11.1 Å². The minimum Gasteiger partial charge on any atom is -0.388 e. The van der Waals surface area contributed by atoms with Crippen LogP contribution in [-0.2, 0) is 0 Å². The molecule has 0 aliphatic carbocycles. The Hall–Kier alpha value is -2.41. The van der Waals surface area contributed by atoms with Crippen LogP contribution >= 0.6 is 0 Å². The number of hydrogen-bond acceptors (Lipinski definition) is 5. The van der Waals surface area contributed by atoms with Gasteiger partial charge in [0, 0.05) is 24.8 Å². The molecule has 26 heavy (non-hydrogen) atoms. The van der Waals surface area contributed by atoms with Crippen molar-refractivity contribution in [1.29, 1.82) is 0 Å². The number of carbonyl (C=O) groups is 1. The van der Waals surface area contributed by atoms with Crippen LogP contribution in [0.3, 0.4) is 0 Å². The third kappa shape index (κ3) is 4.40. The zero-order chi connectivity index (χ0) is 19.1. The van der Waals surface area contributed by atoms with E-state index in [2.05, 4.69) is 16.1 Å². The van der Waals surface area contributed by atoms with E-state index in [0.717, 1.165) is 16.8 Å². The van der Waals surface area contributed by atoms with Crippen molar-refractivity contribution in [2.75, 3.05) is 26.0 Å². The molecule has 0 aliphatic rings. The summed E-state index contributed by atoms with van der Waals surface area (Å²) in [6.07, 6.45) is -0.399. The molecule has 0 heterocycles. The van der Waals surface area contributed by atoms with Crippen molar-refractivity contribution in [1.82, 2.24) is 15.7 Å². The van der Waals surface area contributed by atoms with Crippen LogP contribution in [0.2, 0.25) is 0 Å².